The first kappa shape index (κ1) is 15.6. The van der Waals surface area contributed by atoms with Crippen molar-refractivity contribution in [2.45, 2.75) is 18.9 Å². The zero-order valence-electron chi connectivity index (χ0n) is 13.2. The van der Waals surface area contributed by atoms with Crippen LogP contribution in [0.2, 0.25) is 0 Å². The van der Waals surface area contributed by atoms with E-state index in [1.165, 1.54) is 0 Å². The van der Waals surface area contributed by atoms with Gasteiger partial charge in [0.1, 0.15) is 6.07 Å². The Morgan fingerprint density at radius 1 is 1.57 bits per heavy atom. The van der Waals surface area contributed by atoms with Crippen molar-refractivity contribution < 1.29 is 14.3 Å². The molecule has 1 aromatic heterocycles. The number of fused-ring (bicyclic) bond motifs is 3. The van der Waals surface area contributed by atoms with E-state index in [1.54, 1.807) is 19.4 Å². The van der Waals surface area contributed by atoms with E-state index in [0.717, 1.165) is 18.8 Å². The van der Waals surface area contributed by atoms with E-state index >= 15 is 0 Å². The Morgan fingerprint density at radius 3 is 3.22 bits per heavy atom. The van der Waals surface area contributed by atoms with E-state index in [9.17, 15) is 4.79 Å². The van der Waals surface area contributed by atoms with Gasteiger partial charge in [0.05, 0.1) is 31.2 Å². The zero-order valence-corrected chi connectivity index (χ0v) is 13.2. The van der Waals surface area contributed by atoms with Crippen LogP contribution in [0.5, 0.6) is 5.75 Å². The Morgan fingerprint density at radius 2 is 2.43 bits per heavy atom. The van der Waals surface area contributed by atoms with Gasteiger partial charge in [-0.1, -0.05) is 0 Å². The zero-order chi connectivity index (χ0) is 16.2. The summed E-state index contributed by atoms with van der Waals surface area (Å²) in [4.78, 5) is 20.7. The number of rotatable bonds is 3. The largest absolute Gasteiger partial charge is 0.490 e. The molecule has 7 nitrogen and oxygen atoms in total. The summed E-state index contributed by atoms with van der Waals surface area (Å²) >= 11 is 0. The molecule has 23 heavy (non-hydrogen) atoms. The summed E-state index contributed by atoms with van der Waals surface area (Å²) < 4.78 is 10.7. The molecule has 2 aliphatic heterocycles. The highest BCUT2D eigenvalue weighted by Crippen LogP contribution is 2.33. The Labute approximate surface area is 135 Å². The smallest absolute Gasteiger partial charge is 0.225 e. The van der Waals surface area contributed by atoms with E-state index in [0.29, 0.717) is 44.0 Å². The third kappa shape index (κ3) is 3.22. The van der Waals surface area contributed by atoms with Crippen LogP contribution in [0.1, 0.15) is 18.4 Å². The molecule has 1 saturated heterocycles. The summed E-state index contributed by atoms with van der Waals surface area (Å²) in [5, 5.41) is 9.00. The fourth-order valence-electron chi connectivity index (χ4n) is 3.08. The predicted octanol–water partition coefficient (Wildman–Crippen LogP) is 0.789. The normalized spacial score (nSPS) is 19.9. The van der Waals surface area contributed by atoms with Crippen LogP contribution in [0.25, 0.3) is 0 Å². The Kier molecular flexibility index (Phi) is 4.63. The molecule has 0 radical (unpaired) electrons. The van der Waals surface area contributed by atoms with Gasteiger partial charge in [0.2, 0.25) is 5.91 Å². The topological polar surface area (TPSA) is 78.7 Å². The summed E-state index contributed by atoms with van der Waals surface area (Å²) in [6.45, 7) is 3.07. The molecule has 3 heterocycles. The average molecular weight is 316 g/mol. The summed E-state index contributed by atoms with van der Waals surface area (Å²) in [5.74, 6) is 1.56. The second kappa shape index (κ2) is 6.84. The number of carbonyl (C=O) groups excluding carboxylic acids is 1. The third-order valence-electron chi connectivity index (χ3n) is 4.30. The third-order valence-corrected chi connectivity index (χ3v) is 4.30. The molecule has 0 N–H and O–H groups in total. The van der Waals surface area contributed by atoms with Gasteiger partial charge >= 0.3 is 0 Å². The number of hydrogen-bond donors (Lipinski definition) is 0. The minimum absolute atomic E-state index is 0.129. The van der Waals surface area contributed by atoms with Crippen LogP contribution in [0.15, 0.2) is 12.3 Å². The molecular weight excluding hydrogens is 296 g/mol. The fourth-order valence-corrected chi connectivity index (χ4v) is 3.08. The maximum atomic E-state index is 12.2. The first-order valence-corrected chi connectivity index (χ1v) is 7.79. The number of anilines is 1. The second-order valence-electron chi connectivity index (χ2n) is 5.72. The molecule has 1 amide bonds. The van der Waals surface area contributed by atoms with E-state index in [2.05, 4.69) is 16.0 Å². The number of methoxy groups -OCH3 is 1. The molecule has 1 atom stereocenters. The van der Waals surface area contributed by atoms with Gasteiger partial charge in [-0.3, -0.25) is 4.79 Å². The summed E-state index contributed by atoms with van der Waals surface area (Å²) in [5.41, 5.74) is 0.496. The highest BCUT2D eigenvalue weighted by molar-refractivity contribution is 5.76. The predicted molar refractivity (Wildman–Crippen MR) is 83.3 cm³/mol. The Hall–Kier alpha value is -2.33. The molecule has 0 bridgehead atoms. The monoisotopic (exact) mass is 316 g/mol. The molecule has 1 unspecified atom stereocenters. The van der Waals surface area contributed by atoms with Crippen molar-refractivity contribution in [3.05, 3.63) is 17.8 Å². The minimum Gasteiger partial charge on any atom is -0.490 e. The molecule has 0 aliphatic carbocycles. The van der Waals surface area contributed by atoms with Crippen LogP contribution in [-0.2, 0) is 9.53 Å². The van der Waals surface area contributed by atoms with Crippen LogP contribution in [0.3, 0.4) is 0 Å². The lowest BCUT2D eigenvalue weighted by molar-refractivity contribution is -0.133. The van der Waals surface area contributed by atoms with Gasteiger partial charge < -0.3 is 19.3 Å². The van der Waals surface area contributed by atoms with Gasteiger partial charge in [-0.15, -0.1) is 0 Å². The van der Waals surface area contributed by atoms with Crippen molar-refractivity contribution in [2.75, 3.05) is 44.9 Å². The average Bonchev–Trinajstić information content (AvgIpc) is 2.77. The lowest BCUT2D eigenvalue weighted by Crippen LogP contribution is -2.55. The number of pyridine rings is 1. The van der Waals surface area contributed by atoms with Gasteiger partial charge in [0.15, 0.2) is 11.6 Å². The number of nitrogens with zero attached hydrogens (tertiary/aromatic N) is 4. The molecule has 0 saturated carbocycles. The van der Waals surface area contributed by atoms with Crippen molar-refractivity contribution in [3.63, 3.8) is 0 Å². The molecule has 2 aliphatic rings. The van der Waals surface area contributed by atoms with E-state index in [-0.39, 0.29) is 11.9 Å². The van der Waals surface area contributed by atoms with Crippen molar-refractivity contribution in [1.82, 2.24) is 9.88 Å². The number of carbonyl (C=O) groups is 1. The highest BCUT2D eigenvalue weighted by Gasteiger charge is 2.33. The number of aromatic nitrogens is 1. The van der Waals surface area contributed by atoms with Gasteiger partial charge in [-0.25, -0.2) is 4.98 Å². The van der Waals surface area contributed by atoms with Crippen molar-refractivity contribution in [1.29, 1.82) is 5.26 Å². The lowest BCUT2D eigenvalue weighted by atomic mass is 10.1. The summed E-state index contributed by atoms with van der Waals surface area (Å²) in [7, 11) is 1.60. The first-order valence-electron chi connectivity index (χ1n) is 7.79. The van der Waals surface area contributed by atoms with Crippen molar-refractivity contribution in [2.24, 2.45) is 0 Å². The van der Waals surface area contributed by atoms with Gasteiger partial charge in [0, 0.05) is 45.4 Å². The van der Waals surface area contributed by atoms with Crippen LogP contribution >= 0.6 is 0 Å². The summed E-state index contributed by atoms with van der Waals surface area (Å²) in [6, 6.07) is 4.01. The Balaban J connectivity index is 1.75. The van der Waals surface area contributed by atoms with E-state index in [4.69, 9.17) is 14.7 Å². The van der Waals surface area contributed by atoms with Crippen LogP contribution in [-0.4, -0.2) is 61.8 Å². The maximum absolute atomic E-state index is 12.2. The minimum atomic E-state index is 0.129. The van der Waals surface area contributed by atoms with Gasteiger partial charge in [-0.2, -0.15) is 5.26 Å². The van der Waals surface area contributed by atoms with E-state index in [1.807, 2.05) is 4.90 Å². The Bertz CT molecular complexity index is 628. The standard InChI is InChI=1S/C16H20N4O3/c1-22-6-3-15(21)19-4-5-20-13(11-19)2-7-23-14-8-12(9-17)10-18-16(14)20/h8,10,13H,2-7,11H2,1H3. The number of amides is 1. The van der Waals surface area contributed by atoms with E-state index < -0.39 is 0 Å². The number of nitriles is 1. The summed E-state index contributed by atoms with van der Waals surface area (Å²) in [6.07, 6.45) is 2.81. The maximum Gasteiger partial charge on any atom is 0.225 e. The number of ether oxygens (including phenoxy) is 2. The first-order chi connectivity index (χ1) is 11.2. The van der Waals surface area contributed by atoms with Crippen LogP contribution < -0.4 is 9.64 Å². The van der Waals surface area contributed by atoms with Crippen LogP contribution in [0, 0.1) is 11.3 Å². The quantitative estimate of drug-likeness (QED) is 0.820. The van der Waals surface area contributed by atoms with Gasteiger partial charge in [-0.05, 0) is 0 Å². The number of piperazine rings is 1. The van der Waals surface area contributed by atoms with Crippen LogP contribution in [0.4, 0.5) is 5.82 Å². The lowest BCUT2D eigenvalue weighted by Gasteiger charge is -2.41. The molecule has 0 aromatic carbocycles. The second-order valence-corrected chi connectivity index (χ2v) is 5.72. The molecule has 0 spiro atoms. The SMILES string of the molecule is COCCC(=O)N1CCN2c3ncc(C#N)cc3OCCC2C1. The van der Waals surface area contributed by atoms with Crippen molar-refractivity contribution in [3.8, 4) is 11.8 Å². The fraction of sp³-hybridized carbons (Fsp3) is 0.562. The molecule has 7 heteroatoms. The number of hydrogen-bond acceptors (Lipinski definition) is 6. The van der Waals surface area contributed by atoms with Crippen molar-refractivity contribution >= 4 is 11.7 Å². The highest BCUT2D eigenvalue weighted by atomic mass is 16.5. The van der Waals surface area contributed by atoms with Gasteiger partial charge in [0.25, 0.3) is 0 Å². The molecule has 3 rings (SSSR count). The molecule has 1 aromatic rings. The molecular formula is C16H20N4O3. The molecule has 122 valence electrons. The molecule has 1 fully saturated rings.